The lowest BCUT2D eigenvalue weighted by atomic mass is 10.1. The van der Waals surface area contributed by atoms with Crippen molar-refractivity contribution in [2.75, 3.05) is 4.90 Å². The number of nitrogens with zero attached hydrogens (tertiary/aromatic N) is 1. The molecule has 0 aliphatic heterocycles. The maximum atomic E-state index is 6.25. The summed E-state index contributed by atoms with van der Waals surface area (Å²) in [6.07, 6.45) is 0.982. The molecule has 4 aromatic rings. The van der Waals surface area contributed by atoms with Crippen molar-refractivity contribution in [3.63, 3.8) is 0 Å². The third kappa shape index (κ3) is 3.31. The van der Waals surface area contributed by atoms with Crippen molar-refractivity contribution >= 4 is 51.2 Å². The number of fused-ring (bicyclic) bond motifs is 1. The summed E-state index contributed by atoms with van der Waals surface area (Å²) in [5.74, 6) is 0. The zero-order chi connectivity index (χ0) is 18.1. The van der Waals surface area contributed by atoms with Gasteiger partial charge in [-0.3, -0.25) is 0 Å². The molecule has 3 aromatic carbocycles. The van der Waals surface area contributed by atoms with Gasteiger partial charge >= 0.3 is 0 Å². The summed E-state index contributed by atoms with van der Waals surface area (Å²) in [5, 5.41) is 2.59. The van der Waals surface area contributed by atoms with E-state index in [1.165, 1.54) is 11.1 Å². The van der Waals surface area contributed by atoms with Gasteiger partial charge in [0.15, 0.2) is 0 Å². The molecule has 130 valence electrons. The lowest BCUT2D eigenvalue weighted by Crippen LogP contribution is -2.09. The van der Waals surface area contributed by atoms with E-state index in [2.05, 4.69) is 41.1 Å². The molecule has 4 rings (SSSR count). The van der Waals surface area contributed by atoms with Gasteiger partial charge in [-0.05, 0) is 67.1 Å². The Bertz CT molecular complexity index is 1020. The fourth-order valence-corrected chi connectivity index (χ4v) is 3.56. The molecule has 2 nitrogen and oxygen atoms in total. The Balaban J connectivity index is 1.90. The highest BCUT2D eigenvalue weighted by atomic mass is 35.5. The molecule has 0 bridgehead atoms. The summed E-state index contributed by atoms with van der Waals surface area (Å²) < 4.78 is 0. The Morgan fingerprint density at radius 2 is 1.38 bits per heavy atom. The highest BCUT2D eigenvalue weighted by Crippen LogP contribution is 2.37. The monoisotopic (exact) mass is 380 g/mol. The first-order valence-corrected chi connectivity index (χ1v) is 9.32. The van der Waals surface area contributed by atoms with E-state index in [4.69, 9.17) is 23.2 Å². The number of hydrogen-bond donors (Lipinski definition) is 1. The lowest BCUT2D eigenvalue weighted by molar-refractivity contribution is 1.07. The largest absolute Gasteiger partial charge is 0.358 e. The molecule has 0 atom stereocenters. The predicted octanol–water partition coefficient (Wildman–Crippen LogP) is 7.51. The summed E-state index contributed by atoms with van der Waals surface area (Å²) in [4.78, 5) is 5.61. The van der Waals surface area contributed by atoms with Crippen LogP contribution in [0.5, 0.6) is 0 Å². The van der Waals surface area contributed by atoms with Crippen molar-refractivity contribution in [2.24, 2.45) is 0 Å². The average Bonchev–Trinajstić information content (AvgIpc) is 3.05. The van der Waals surface area contributed by atoms with Crippen LogP contribution in [0.1, 0.15) is 12.6 Å². The van der Waals surface area contributed by atoms with Crippen LogP contribution in [0.15, 0.2) is 72.8 Å². The summed E-state index contributed by atoms with van der Waals surface area (Å²) in [6.45, 7) is 2.15. The zero-order valence-electron chi connectivity index (χ0n) is 14.3. The molecule has 0 spiro atoms. The molecule has 1 N–H and O–H groups in total. The number of H-pyrrole nitrogens is 1. The first kappa shape index (κ1) is 17.0. The predicted molar refractivity (Wildman–Crippen MR) is 112 cm³/mol. The van der Waals surface area contributed by atoms with Gasteiger partial charge < -0.3 is 9.88 Å². The van der Waals surface area contributed by atoms with E-state index < -0.39 is 0 Å². The third-order valence-electron chi connectivity index (χ3n) is 4.43. The maximum absolute atomic E-state index is 6.25. The molecule has 4 heteroatoms. The number of aromatic nitrogens is 1. The van der Waals surface area contributed by atoms with Crippen LogP contribution in [0, 0.1) is 0 Å². The van der Waals surface area contributed by atoms with Crippen LogP contribution in [-0.2, 0) is 6.42 Å². The summed E-state index contributed by atoms with van der Waals surface area (Å²) in [6, 6.07) is 24.3. The van der Waals surface area contributed by atoms with Gasteiger partial charge in [0.25, 0.3) is 0 Å². The molecule has 0 fully saturated rings. The fourth-order valence-electron chi connectivity index (χ4n) is 3.19. The van der Waals surface area contributed by atoms with Crippen molar-refractivity contribution in [1.29, 1.82) is 0 Å². The topological polar surface area (TPSA) is 19.0 Å². The maximum Gasteiger partial charge on any atom is 0.0476 e. The number of nitrogens with one attached hydrogen (secondary N) is 1. The van der Waals surface area contributed by atoms with Gasteiger partial charge in [-0.2, -0.15) is 0 Å². The molecule has 0 saturated heterocycles. The molecule has 0 saturated carbocycles. The van der Waals surface area contributed by atoms with Crippen LogP contribution < -0.4 is 4.90 Å². The number of hydrogen-bond acceptors (Lipinski definition) is 1. The van der Waals surface area contributed by atoms with Crippen LogP contribution in [-0.4, -0.2) is 4.98 Å². The van der Waals surface area contributed by atoms with Gasteiger partial charge in [-0.25, -0.2) is 0 Å². The Kier molecular flexibility index (Phi) is 4.62. The Hall–Kier alpha value is -2.42. The minimum atomic E-state index is 0.700. The fraction of sp³-hybridized carbons (Fsp3) is 0.0909. The normalized spacial score (nSPS) is 11.0. The number of anilines is 3. The molecule has 26 heavy (non-hydrogen) atoms. The van der Waals surface area contributed by atoms with Gasteiger partial charge in [0, 0.05) is 43.7 Å². The third-order valence-corrected chi connectivity index (χ3v) is 4.90. The van der Waals surface area contributed by atoms with Crippen molar-refractivity contribution in [2.45, 2.75) is 13.3 Å². The molecule has 1 aromatic heterocycles. The van der Waals surface area contributed by atoms with E-state index >= 15 is 0 Å². The van der Waals surface area contributed by atoms with Crippen LogP contribution in [0.25, 0.3) is 10.9 Å². The number of aromatic amines is 1. The minimum absolute atomic E-state index is 0.700. The number of halogens is 2. The second kappa shape index (κ2) is 7.06. The van der Waals surface area contributed by atoms with E-state index in [0.29, 0.717) is 10.0 Å². The summed E-state index contributed by atoms with van der Waals surface area (Å²) in [7, 11) is 0. The number of aryl methyl sites for hydroxylation is 1. The smallest absolute Gasteiger partial charge is 0.0476 e. The van der Waals surface area contributed by atoms with Crippen LogP contribution in [0.3, 0.4) is 0 Å². The SMILES string of the molecule is CCc1cc2cc(N(c3cccc(Cl)c3)c3cccc(Cl)c3)ccc2[nH]1. The Labute approximate surface area is 163 Å². The molecular weight excluding hydrogens is 363 g/mol. The van der Waals surface area contributed by atoms with Crippen LogP contribution >= 0.6 is 23.2 Å². The van der Waals surface area contributed by atoms with Crippen LogP contribution in [0.2, 0.25) is 10.0 Å². The lowest BCUT2D eigenvalue weighted by Gasteiger charge is -2.25. The Morgan fingerprint density at radius 1 is 0.769 bits per heavy atom. The van der Waals surface area contributed by atoms with E-state index in [0.717, 1.165) is 29.0 Å². The quantitative estimate of drug-likeness (QED) is 0.388. The van der Waals surface area contributed by atoms with E-state index in [-0.39, 0.29) is 0 Å². The first-order valence-electron chi connectivity index (χ1n) is 8.57. The molecule has 0 aliphatic carbocycles. The van der Waals surface area contributed by atoms with Gasteiger partial charge in [0.1, 0.15) is 0 Å². The molecular formula is C22H18Cl2N2. The van der Waals surface area contributed by atoms with Gasteiger partial charge in [-0.15, -0.1) is 0 Å². The van der Waals surface area contributed by atoms with Crippen molar-refractivity contribution in [1.82, 2.24) is 4.98 Å². The first-order chi connectivity index (χ1) is 12.6. The highest BCUT2D eigenvalue weighted by molar-refractivity contribution is 6.31. The summed E-state index contributed by atoms with van der Waals surface area (Å²) >= 11 is 12.5. The zero-order valence-corrected chi connectivity index (χ0v) is 15.9. The second-order valence-corrected chi connectivity index (χ2v) is 7.09. The molecule has 1 heterocycles. The summed E-state index contributed by atoms with van der Waals surface area (Å²) in [5.41, 5.74) is 5.41. The number of rotatable bonds is 4. The van der Waals surface area contributed by atoms with Gasteiger partial charge in [0.05, 0.1) is 0 Å². The van der Waals surface area contributed by atoms with E-state index in [9.17, 15) is 0 Å². The standard InChI is InChI=1S/C22H18Cl2N2/c1-2-18-11-15-12-21(9-10-22(15)25-18)26(19-7-3-5-16(23)13-19)20-8-4-6-17(24)14-20/h3-14,25H,2H2,1H3. The number of benzene rings is 3. The molecule has 0 amide bonds. The van der Waals surface area contributed by atoms with E-state index in [1.807, 2.05) is 48.5 Å². The molecule has 0 aliphatic rings. The van der Waals surface area contributed by atoms with Crippen molar-refractivity contribution in [3.05, 3.63) is 88.5 Å². The van der Waals surface area contributed by atoms with Crippen molar-refractivity contribution in [3.8, 4) is 0 Å². The van der Waals surface area contributed by atoms with E-state index in [1.54, 1.807) is 0 Å². The highest BCUT2D eigenvalue weighted by Gasteiger charge is 2.14. The molecule has 0 unspecified atom stereocenters. The van der Waals surface area contributed by atoms with Crippen molar-refractivity contribution < 1.29 is 0 Å². The van der Waals surface area contributed by atoms with Crippen LogP contribution in [0.4, 0.5) is 17.1 Å². The Morgan fingerprint density at radius 3 is 1.96 bits per heavy atom. The van der Waals surface area contributed by atoms with Gasteiger partial charge in [-0.1, -0.05) is 42.3 Å². The minimum Gasteiger partial charge on any atom is -0.358 e. The second-order valence-electron chi connectivity index (χ2n) is 6.21. The average molecular weight is 381 g/mol. The molecule has 0 radical (unpaired) electrons. The van der Waals surface area contributed by atoms with Gasteiger partial charge in [0.2, 0.25) is 0 Å².